The Kier molecular flexibility index (Phi) is 5.20. The van der Waals surface area contributed by atoms with Crippen LogP contribution in [-0.2, 0) is 11.3 Å². The number of rotatable bonds is 4. The molecule has 1 N–H and O–H groups in total. The molecule has 5 heteroatoms. The first-order valence-corrected chi connectivity index (χ1v) is 11.1. The lowest BCUT2D eigenvalue weighted by Gasteiger charge is -2.38. The molecule has 0 unspecified atom stereocenters. The second-order valence-electron chi connectivity index (χ2n) is 8.25. The summed E-state index contributed by atoms with van der Waals surface area (Å²) in [6.07, 6.45) is 5.28. The van der Waals surface area contributed by atoms with Gasteiger partial charge in [0.15, 0.2) is 0 Å². The number of nitrogens with one attached hydrogen (secondary N) is 1. The van der Waals surface area contributed by atoms with Gasteiger partial charge in [0.2, 0.25) is 0 Å². The van der Waals surface area contributed by atoms with Crippen molar-refractivity contribution in [3.8, 4) is 0 Å². The quantitative estimate of drug-likeness (QED) is 0.865. The van der Waals surface area contributed by atoms with Crippen LogP contribution in [0.2, 0.25) is 0 Å². The number of benzene rings is 1. The zero-order valence-electron chi connectivity index (χ0n) is 15.9. The van der Waals surface area contributed by atoms with Gasteiger partial charge in [-0.15, -0.1) is 0 Å². The number of carbonyl (C=O) groups is 1. The van der Waals surface area contributed by atoms with Gasteiger partial charge in [0.05, 0.1) is 5.60 Å². The van der Waals surface area contributed by atoms with Crippen molar-refractivity contribution < 1.29 is 9.53 Å². The van der Waals surface area contributed by atoms with Gasteiger partial charge in [-0.25, -0.2) is 4.79 Å². The normalized spacial score (nSPS) is 28.3. The first-order chi connectivity index (χ1) is 12.5. The van der Waals surface area contributed by atoms with E-state index in [2.05, 4.69) is 42.3 Å². The molecule has 142 valence electrons. The van der Waals surface area contributed by atoms with Crippen LogP contribution in [0.1, 0.15) is 48.8 Å². The van der Waals surface area contributed by atoms with Crippen LogP contribution in [0.25, 0.3) is 0 Å². The Morgan fingerprint density at radius 1 is 1.31 bits per heavy atom. The van der Waals surface area contributed by atoms with E-state index in [9.17, 15) is 4.79 Å². The molecular formula is C21H30N2O2S. The molecule has 1 aromatic rings. The highest BCUT2D eigenvalue weighted by molar-refractivity contribution is 7.99. The molecular weight excluding hydrogens is 344 g/mol. The molecule has 3 fully saturated rings. The number of carbonyl (C=O) groups excluding carboxylic acids is 1. The first kappa shape index (κ1) is 18.2. The molecule has 4 nitrogen and oxygen atoms in total. The summed E-state index contributed by atoms with van der Waals surface area (Å²) in [6.45, 7) is 5.75. The lowest BCUT2D eigenvalue weighted by atomic mass is 9.90. The number of hydrogen-bond acceptors (Lipinski definition) is 3. The molecule has 1 aliphatic carbocycles. The standard InChI is InChI=1S/C21H30N2O2S/c1-15-3-4-17(11-16(15)2)13-23(19-5-6-19)20(24)22-18-7-9-25-21(12-18)8-10-26-14-21/h3-4,11,18-19H,5-10,12-14H2,1-2H3,(H,22,24)/t18-,21+/m0/s1. The Balaban J connectivity index is 1.40. The summed E-state index contributed by atoms with van der Waals surface area (Å²) < 4.78 is 6.09. The fraction of sp³-hybridized carbons (Fsp3) is 0.667. The van der Waals surface area contributed by atoms with Crippen molar-refractivity contribution in [3.05, 3.63) is 34.9 Å². The predicted octanol–water partition coefficient (Wildman–Crippen LogP) is 4.03. The van der Waals surface area contributed by atoms with E-state index < -0.39 is 0 Å². The third kappa shape index (κ3) is 4.04. The van der Waals surface area contributed by atoms with Crippen LogP contribution in [0.3, 0.4) is 0 Å². The van der Waals surface area contributed by atoms with Crippen LogP contribution >= 0.6 is 11.8 Å². The molecule has 1 spiro atoms. The molecule has 26 heavy (non-hydrogen) atoms. The van der Waals surface area contributed by atoms with Crippen LogP contribution < -0.4 is 5.32 Å². The molecule has 0 radical (unpaired) electrons. The number of ether oxygens (including phenoxy) is 1. The molecule has 0 bridgehead atoms. The largest absolute Gasteiger partial charge is 0.374 e. The van der Waals surface area contributed by atoms with Crippen LogP contribution in [0, 0.1) is 13.8 Å². The Labute approximate surface area is 161 Å². The van der Waals surface area contributed by atoms with Crippen LogP contribution in [0.5, 0.6) is 0 Å². The van der Waals surface area contributed by atoms with E-state index >= 15 is 0 Å². The minimum absolute atomic E-state index is 0.0132. The fourth-order valence-corrected chi connectivity index (χ4v) is 5.50. The Hall–Kier alpha value is -1.20. The van der Waals surface area contributed by atoms with Gasteiger partial charge in [-0.05, 0) is 68.4 Å². The molecule has 2 atom stereocenters. The number of aryl methyl sites for hydroxylation is 2. The molecule has 2 saturated heterocycles. The molecule has 3 aliphatic rings. The summed E-state index contributed by atoms with van der Waals surface area (Å²) in [5, 5.41) is 3.34. The maximum atomic E-state index is 13.0. The summed E-state index contributed by atoms with van der Waals surface area (Å²) >= 11 is 1.98. The lowest BCUT2D eigenvalue weighted by molar-refractivity contribution is -0.0688. The van der Waals surface area contributed by atoms with Crippen molar-refractivity contribution in [3.63, 3.8) is 0 Å². The second kappa shape index (κ2) is 7.43. The molecule has 4 rings (SSSR count). The monoisotopic (exact) mass is 374 g/mol. The number of thioether (sulfide) groups is 1. The second-order valence-corrected chi connectivity index (χ2v) is 9.36. The highest BCUT2D eigenvalue weighted by Crippen LogP contribution is 2.38. The van der Waals surface area contributed by atoms with Crippen LogP contribution in [-0.4, -0.2) is 46.7 Å². The van der Waals surface area contributed by atoms with Crippen molar-refractivity contribution >= 4 is 17.8 Å². The van der Waals surface area contributed by atoms with Gasteiger partial charge >= 0.3 is 6.03 Å². The molecule has 0 aromatic heterocycles. The molecule has 2 aliphatic heterocycles. The zero-order chi connectivity index (χ0) is 18.1. The maximum absolute atomic E-state index is 13.0. The number of nitrogens with zero attached hydrogens (tertiary/aromatic N) is 1. The van der Waals surface area contributed by atoms with E-state index in [1.54, 1.807) is 0 Å². The van der Waals surface area contributed by atoms with Gasteiger partial charge in [-0.1, -0.05) is 18.2 Å². The van der Waals surface area contributed by atoms with E-state index in [-0.39, 0.29) is 17.7 Å². The molecule has 1 aromatic carbocycles. The van der Waals surface area contributed by atoms with Crippen molar-refractivity contribution in [1.82, 2.24) is 10.2 Å². The zero-order valence-corrected chi connectivity index (χ0v) is 16.7. The fourth-order valence-electron chi connectivity index (χ4n) is 4.12. The predicted molar refractivity (Wildman–Crippen MR) is 107 cm³/mol. The van der Waals surface area contributed by atoms with E-state index in [0.717, 1.165) is 44.5 Å². The van der Waals surface area contributed by atoms with Gasteiger partial charge in [-0.3, -0.25) is 0 Å². The number of amides is 2. The van der Waals surface area contributed by atoms with E-state index in [1.165, 1.54) is 22.4 Å². The van der Waals surface area contributed by atoms with E-state index in [0.29, 0.717) is 12.6 Å². The highest BCUT2D eigenvalue weighted by atomic mass is 32.2. The minimum atomic E-state index is 0.0132. The first-order valence-electron chi connectivity index (χ1n) is 9.90. The average molecular weight is 375 g/mol. The third-order valence-corrected chi connectivity index (χ3v) is 7.28. The van der Waals surface area contributed by atoms with Crippen molar-refractivity contribution in [2.45, 2.75) is 70.2 Å². The summed E-state index contributed by atoms with van der Waals surface area (Å²) in [4.78, 5) is 15.1. The SMILES string of the molecule is Cc1ccc(CN(C(=O)N[C@H]2CCO[C@]3(CCSC3)C2)C2CC2)cc1C. The molecule has 1 saturated carbocycles. The summed E-state index contributed by atoms with van der Waals surface area (Å²) in [5.74, 6) is 2.26. The summed E-state index contributed by atoms with van der Waals surface area (Å²) in [6, 6.07) is 7.30. The average Bonchev–Trinajstić information content (AvgIpc) is 3.37. The van der Waals surface area contributed by atoms with Gasteiger partial charge in [0, 0.05) is 31.0 Å². The van der Waals surface area contributed by atoms with Crippen LogP contribution in [0.4, 0.5) is 4.79 Å². The topological polar surface area (TPSA) is 41.6 Å². The number of urea groups is 1. The Morgan fingerprint density at radius 2 is 2.15 bits per heavy atom. The van der Waals surface area contributed by atoms with Gasteiger partial charge in [-0.2, -0.15) is 11.8 Å². The van der Waals surface area contributed by atoms with Gasteiger partial charge in [0.25, 0.3) is 0 Å². The van der Waals surface area contributed by atoms with Crippen molar-refractivity contribution in [2.75, 3.05) is 18.1 Å². The van der Waals surface area contributed by atoms with E-state index in [4.69, 9.17) is 4.74 Å². The van der Waals surface area contributed by atoms with Gasteiger partial charge < -0.3 is 15.0 Å². The molecule has 2 amide bonds. The minimum Gasteiger partial charge on any atom is -0.374 e. The van der Waals surface area contributed by atoms with E-state index in [1.807, 2.05) is 11.8 Å². The van der Waals surface area contributed by atoms with Gasteiger partial charge in [0.1, 0.15) is 0 Å². The Bertz CT molecular complexity index is 668. The smallest absolute Gasteiger partial charge is 0.318 e. The van der Waals surface area contributed by atoms with Crippen molar-refractivity contribution in [2.24, 2.45) is 0 Å². The number of hydrogen-bond donors (Lipinski definition) is 1. The molecule has 2 heterocycles. The third-order valence-electron chi connectivity index (χ3n) is 6.06. The van der Waals surface area contributed by atoms with Crippen molar-refractivity contribution in [1.29, 1.82) is 0 Å². The Morgan fingerprint density at radius 3 is 2.85 bits per heavy atom. The lowest BCUT2D eigenvalue weighted by Crippen LogP contribution is -2.52. The summed E-state index contributed by atoms with van der Waals surface area (Å²) in [5.41, 5.74) is 3.84. The summed E-state index contributed by atoms with van der Waals surface area (Å²) in [7, 11) is 0. The maximum Gasteiger partial charge on any atom is 0.318 e. The highest BCUT2D eigenvalue weighted by Gasteiger charge is 2.41. The van der Waals surface area contributed by atoms with Crippen LogP contribution in [0.15, 0.2) is 18.2 Å².